The molecule has 0 atom stereocenters. The molecule has 13 nitrogen and oxygen atoms in total. The minimum Gasteiger partial charge on any atom is -0.461 e. The van der Waals surface area contributed by atoms with Gasteiger partial charge < -0.3 is 24.4 Å². The second-order valence-corrected chi connectivity index (χ2v) is 6.26. The van der Waals surface area contributed by atoms with E-state index in [0.29, 0.717) is 6.08 Å². The molecule has 230 valence electrons. The fraction of sp³-hybridized carbons (Fsp3) is 0.529. The lowest BCUT2D eigenvalue weighted by Crippen LogP contribution is -2.54. The van der Waals surface area contributed by atoms with Gasteiger partial charge in [0.1, 0.15) is 6.61 Å². The van der Waals surface area contributed by atoms with Crippen molar-refractivity contribution in [3.63, 3.8) is 0 Å². The van der Waals surface area contributed by atoms with Gasteiger partial charge in [0, 0.05) is 12.2 Å². The standard InChI is InChI=1S/C17H16F10N2O11/c1-3-9(30)34-6-5-28-11(32)35-8-14(20,21)39-17(26,27)40-16(24,25)15(22,23)38-13(18,19)7-36-12(33)29-37-10(31)4-2/h3-4H,1-2,5-8H2,(H,28,32)(H,29,33). The maximum Gasteiger partial charge on any atom is 0.495 e. The molecule has 0 bridgehead atoms. The minimum absolute atomic E-state index is 0.453. The quantitative estimate of drug-likeness (QED) is 0.0501. The number of alkyl carbamates (subject to hydrolysis) is 1. The highest BCUT2D eigenvalue weighted by molar-refractivity contribution is 5.82. The summed E-state index contributed by atoms with van der Waals surface area (Å²) in [6.45, 7) is -0.292. The summed E-state index contributed by atoms with van der Waals surface area (Å²) >= 11 is 0. The summed E-state index contributed by atoms with van der Waals surface area (Å²) in [5.41, 5.74) is 1.01. The molecule has 0 fully saturated rings. The fourth-order valence-corrected chi connectivity index (χ4v) is 1.59. The van der Waals surface area contributed by atoms with E-state index in [1.165, 1.54) is 0 Å². The number of halogens is 10. The van der Waals surface area contributed by atoms with Crippen molar-refractivity contribution in [1.82, 2.24) is 10.8 Å². The Bertz CT molecular complexity index is 934. The molecule has 2 amide bonds. The van der Waals surface area contributed by atoms with Crippen molar-refractivity contribution in [2.45, 2.75) is 30.7 Å². The first-order chi connectivity index (χ1) is 18.1. The number of rotatable bonds is 16. The monoisotopic (exact) mass is 614 g/mol. The molecule has 0 rings (SSSR count). The first kappa shape index (κ1) is 36.1. The van der Waals surface area contributed by atoms with E-state index >= 15 is 0 Å². The molecular weight excluding hydrogens is 598 g/mol. The Labute approximate surface area is 214 Å². The van der Waals surface area contributed by atoms with E-state index in [-0.39, 0.29) is 0 Å². The van der Waals surface area contributed by atoms with Gasteiger partial charge in [-0.25, -0.2) is 33.4 Å². The molecule has 0 aromatic rings. The lowest BCUT2D eigenvalue weighted by molar-refractivity contribution is -0.566. The van der Waals surface area contributed by atoms with E-state index in [1.54, 1.807) is 5.32 Å². The third kappa shape index (κ3) is 14.3. The van der Waals surface area contributed by atoms with E-state index in [2.05, 4.69) is 46.4 Å². The number of carbonyl (C=O) groups is 4. The van der Waals surface area contributed by atoms with Crippen LogP contribution in [0, 0.1) is 0 Å². The smallest absolute Gasteiger partial charge is 0.461 e. The number of hydroxylamine groups is 1. The lowest BCUT2D eigenvalue weighted by atomic mass is 10.5. The summed E-state index contributed by atoms with van der Waals surface area (Å²) in [5, 5.41) is 1.66. The second-order valence-electron chi connectivity index (χ2n) is 6.26. The summed E-state index contributed by atoms with van der Waals surface area (Å²) in [7, 11) is 0. The molecule has 0 saturated heterocycles. The van der Waals surface area contributed by atoms with Crippen molar-refractivity contribution in [3.8, 4) is 0 Å². The predicted molar refractivity (Wildman–Crippen MR) is 99.3 cm³/mol. The van der Waals surface area contributed by atoms with Crippen LogP contribution < -0.4 is 10.8 Å². The van der Waals surface area contributed by atoms with E-state index in [9.17, 15) is 63.1 Å². The van der Waals surface area contributed by atoms with Crippen molar-refractivity contribution in [3.05, 3.63) is 25.3 Å². The molecular formula is C17H16F10N2O11. The highest BCUT2D eigenvalue weighted by Gasteiger charge is 2.69. The molecule has 40 heavy (non-hydrogen) atoms. The maximum absolute atomic E-state index is 13.5. The molecule has 0 radical (unpaired) electrons. The third-order valence-electron chi connectivity index (χ3n) is 3.06. The number of carbonyl (C=O) groups excluding carboxylic acids is 4. The molecule has 0 aliphatic rings. The number of hydrogen-bond acceptors (Lipinski definition) is 11. The van der Waals surface area contributed by atoms with Crippen LogP contribution in [0.15, 0.2) is 25.3 Å². The van der Waals surface area contributed by atoms with Crippen LogP contribution in [-0.2, 0) is 42.8 Å². The second kappa shape index (κ2) is 14.5. The zero-order valence-electron chi connectivity index (χ0n) is 19.2. The molecule has 2 N–H and O–H groups in total. The molecule has 23 heteroatoms. The number of alkyl halides is 10. The van der Waals surface area contributed by atoms with Gasteiger partial charge in [-0.3, -0.25) is 0 Å². The van der Waals surface area contributed by atoms with Crippen LogP contribution in [0.25, 0.3) is 0 Å². The molecule has 0 aliphatic heterocycles. The van der Waals surface area contributed by atoms with Crippen molar-refractivity contribution < 1.29 is 96.3 Å². The molecule has 0 aromatic carbocycles. The van der Waals surface area contributed by atoms with Gasteiger partial charge in [0.15, 0.2) is 13.2 Å². The molecule has 0 saturated carbocycles. The summed E-state index contributed by atoms with van der Waals surface area (Å²) in [6, 6.07) is 0. The van der Waals surface area contributed by atoms with Crippen molar-refractivity contribution in [1.29, 1.82) is 0 Å². The Hall–Kier alpha value is -3.86. The SMILES string of the molecule is C=CC(=O)OCCNC(=O)OCC(F)(F)OC(F)(F)OC(F)(F)C(F)(F)OC(F)(F)COC(=O)NOC(=O)C=C. The molecule has 0 unspecified atom stereocenters. The molecule has 0 spiro atoms. The Kier molecular flexibility index (Phi) is 13.1. The molecule has 0 heterocycles. The van der Waals surface area contributed by atoms with Crippen LogP contribution in [-0.4, -0.2) is 81.2 Å². The molecule has 0 aliphatic carbocycles. The van der Waals surface area contributed by atoms with Gasteiger partial charge in [-0.05, 0) is 0 Å². The normalized spacial score (nSPS) is 12.6. The average molecular weight is 614 g/mol. The number of ether oxygens (including phenoxy) is 6. The first-order valence-corrected chi connectivity index (χ1v) is 9.52. The topological polar surface area (TPSA) is 157 Å². The minimum atomic E-state index is -6.83. The number of amides is 2. The third-order valence-corrected chi connectivity index (χ3v) is 3.06. The lowest BCUT2D eigenvalue weighted by Gasteiger charge is -2.31. The summed E-state index contributed by atoms with van der Waals surface area (Å²) < 4.78 is 153. The van der Waals surface area contributed by atoms with Crippen LogP contribution in [0.2, 0.25) is 0 Å². The summed E-state index contributed by atoms with van der Waals surface area (Å²) in [5.74, 6) is -2.31. The van der Waals surface area contributed by atoms with Gasteiger partial charge in [0.2, 0.25) is 0 Å². The van der Waals surface area contributed by atoms with Crippen LogP contribution in [0.4, 0.5) is 53.5 Å². The van der Waals surface area contributed by atoms with Crippen LogP contribution in [0.3, 0.4) is 0 Å². The maximum atomic E-state index is 13.5. The Morgan fingerprint density at radius 1 is 0.650 bits per heavy atom. The van der Waals surface area contributed by atoms with Gasteiger partial charge in [-0.15, -0.1) is 14.3 Å². The largest absolute Gasteiger partial charge is 0.495 e. The predicted octanol–water partition coefficient (Wildman–Crippen LogP) is 2.78. The number of hydrogen-bond donors (Lipinski definition) is 2. The summed E-state index contributed by atoms with van der Waals surface area (Å²) in [6.07, 6.45) is -33.6. The van der Waals surface area contributed by atoms with Crippen molar-refractivity contribution in [2.75, 3.05) is 26.4 Å². The Morgan fingerprint density at radius 2 is 1.12 bits per heavy atom. The van der Waals surface area contributed by atoms with E-state index in [0.717, 1.165) is 11.6 Å². The number of esters is 1. The van der Waals surface area contributed by atoms with E-state index < -0.39 is 81.2 Å². The van der Waals surface area contributed by atoms with Crippen LogP contribution >= 0.6 is 0 Å². The van der Waals surface area contributed by atoms with Gasteiger partial charge in [-0.2, -0.15) is 35.1 Å². The first-order valence-electron chi connectivity index (χ1n) is 9.52. The average Bonchev–Trinajstić information content (AvgIpc) is 2.80. The van der Waals surface area contributed by atoms with Gasteiger partial charge in [0.25, 0.3) is 0 Å². The van der Waals surface area contributed by atoms with E-state index in [1.807, 2.05) is 0 Å². The van der Waals surface area contributed by atoms with Crippen molar-refractivity contribution >= 4 is 24.1 Å². The fourth-order valence-electron chi connectivity index (χ4n) is 1.59. The van der Waals surface area contributed by atoms with Gasteiger partial charge in [-0.1, -0.05) is 13.2 Å². The zero-order valence-corrected chi connectivity index (χ0v) is 19.2. The zero-order chi connectivity index (χ0) is 31.4. The van der Waals surface area contributed by atoms with Gasteiger partial charge >= 0.3 is 54.9 Å². The Balaban J connectivity index is 4.97. The van der Waals surface area contributed by atoms with Crippen LogP contribution in [0.5, 0.6) is 0 Å². The van der Waals surface area contributed by atoms with Gasteiger partial charge in [0.05, 0.1) is 6.54 Å². The highest BCUT2D eigenvalue weighted by atomic mass is 19.3. The highest BCUT2D eigenvalue weighted by Crippen LogP contribution is 2.44. The molecule has 0 aromatic heterocycles. The Morgan fingerprint density at radius 3 is 1.65 bits per heavy atom. The number of nitrogens with one attached hydrogen (secondary N) is 2. The van der Waals surface area contributed by atoms with Crippen LogP contribution in [0.1, 0.15) is 0 Å². The van der Waals surface area contributed by atoms with E-state index in [4.69, 9.17) is 0 Å². The summed E-state index contributed by atoms with van der Waals surface area (Å²) in [4.78, 5) is 47.2. The van der Waals surface area contributed by atoms with Crippen molar-refractivity contribution in [2.24, 2.45) is 0 Å².